The lowest BCUT2D eigenvalue weighted by molar-refractivity contribution is -0.161. The van der Waals surface area contributed by atoms with E-state index in [4.69, 9.17) is 42.6 Å². The van der Waals surface area contributed by atoms with Crippen LogP contribution in [0.5, 0.6) is 0 Å². The molecule has 0 aromatic carbocycles. The summed E-state index contributed by atoms with van der Waals surface area (Å²) in [7, 11) is -10.0. The standard InChI is InChI=1S/C75H138N4O18P2/c1-4-7-10-13-16-19-22-25-28-31-34-37-40-45-50-56-72(82)90-64-69(96-74(84)58-52-46-41-38-35-32-29-26-23-20-17-14-11-8-5-2)66-94-98(86,87)92-62-68(80)63-93-99(88,89)95-67-70(65-91-73(83)57-51-48-43-44-49-55-71(81)77-60-54-61-78-79-76)97-75(85)59-53-47-42-39-36-33-30-27-24-21-18-15-12-9-6-3/h25-30,68-70,80H,4-24,31-67H2,1-3H3,(H,77,81)(H,86,87)(H,88,89)/b28-25-,29-26-,30-27-/t68?,69-,70-/m1/s1. The van der Waals surface area contributed by atoms with Crippen molar-refractivity contribution < 1.29 is 85.0 Å². The minimum absolute atomic E-state index is 0.0509. The van der Waals surface area contributed by atoms with Gasteiger partial charge < -0.3 is 39.2 Å². The summed E-state index contributed by atoms with van der Waals surface area (Å²) in [6.07, 6.45) is 56.6. The molecule has 576 valence electrons. The van der Waals surface area contributed by atoms with Gasteiger partial charge in [-0.1, -0.05) is 236 Å². The monoisotopic (exact) mass is 1440 g/mol. The van der Waals surface area contributed by atoms with Crippen molar-refractivity contribution >= 4 is 45.4 Å². The third-order valence-electron chi connectivity index (χ3n) is 16.7. The van der Waals surface area contributed by atoms with Gasteiger partial charge in [0.15, 0.2) is 12.2 Å². The molecular formula is C75H138N4O18P2. The van der Waals surface area contributed by atoms with Gasteiger partial charge in [-0.3, -0.25) is 42.1 Å². The van der Waals surface area contributed by atoms with Crippen LogP contribution >= 0.6 is 15.6 Å². The molecule has 0 radical (unpaired) electrons. The maximum atomic E-state index is 13.1. The molecule has 4 N–H and O–H groups in total. The Balaban J connectivity index is 5.36. The number of azide groups is 1. The number of phosphoric acid groups is 2. The maximum Gasteiger partial charge on any atom is 0.472 e. The highest BCUT2D eigenvalue weighted by Gasteiger charge is 2.30. The number of phosphoric ester groups is 2. The van der Waals surface area contributed by atoms with Crippen LogP contribution in [-0.2, 0) is 70.1 Å². The number of nitrogens with one attached hydrogen (secondary N) is 1. The van der Waals surface area contributed by atoms with Crippen molar-refractivity contribution in [2.24, 2.45) is 5.11 Å². The molecule has 1 amide bonds. The molecule has 0 saturated carbocycles. The zero-order valence-electron chi connectivity index (χ0n) is 61.9. The predicted molar refractivity (Wildman–Crippen MR) is 393 cm³/mol. The number of ether oxygens (including phenoxy) is 4. The molecule has 0 saturated heterocycles. The fourth-order valence-corrected chi connectivity index (χ4v) is 12.3. The van der Waals surface area contributed by atoms with Gasteiger partial charge in [0, 0.05) is 50.1 Å². The highest BCUT2D eigenvalue weighted by Crippen LogP contribution is 2.45. The SMILES string of the molecule is CCCCCCCC/C=C\CCCCCCCC(=O)OC[C@H](COP(=O)(O)OCC(O)COP(=O)(O)OC[C@@H](COC(=O)CCCCCCCC(=O)NCCCN=[N+]=[N-])OC(=O)CCCCCCC/C=C\CCCCCCCC)OC(=O)CCCCCCC/C=C\CCCCCCCC. The van der Waals surface area contributed by atoms with E-state index in [1.807, 2.05) is 0 Å². The topological polar surface area (TPSA) is 315 Å². The third-order valence-corrected chi connectivity index (χ3v) is 18.6. The van der Waals surface area contributed by atoms with Crippen LogP contribution in [0.3, 0.4) is 0 Å². The fourth-order valence-electron chi connectivity index (χ4n) is 10.7. The first-order valence-electron chi connectivity index (χ1n) is 38.9. The zero-order chi connectivity index (χ0) is 72.7. The summed E-state index contributed by atoms with van der Waals surface area (Å²) in [5.41, 5.74) is 8.36. The van der Waals surface area contributed by atoms with E-state index in [0.717, 1.165) is 128 Å². The second-order valence-corrected chi connectivity index (χ2v) is 29.2. The zero-order valence-corrected chi connectivity index (χ0v) is 63.7. The molecule has 0 fully saturated rings. The summed E-state index contributed by atoms with van der Waals surface area (Å²) in [6.45, 7) is 3.19. The van der Waals surface area contributed by atoms with Gasteiger partial charge >= 0.3 is 39.5 Å². The quantitative estimate of drug-likeness (QED) is 0.00642. The molecular weight excluding hydrogens is 1310 g/mol. The number of unbranched alkanes of at least 4 members (excludes halogenated alkanes) is 37. The van der Waals surface area contributed by atoms with Crippen LogP contribution < -0.4 is 5.32 Å². The van der Waals surface area contributed by atoms with Crippen LogP contribution in [0, 0.1) is 0 Å². The second-order valence-electron chi connectivity index (χ2n) is 26.3. The normalized spacial score (nSPS) is 13.8. The highest BCUT2D eigenvalue weighted by molar-refractivity contribution is 7.47. The average molecular weight is 1450 g/mol. The van der Waals surface area contributed by atoms with Gasteiger partial charge in [-0.15, -0.1) is 0 Å². The summed E-state index contributed by atoms with van der Waals surface area (Å²) in [4.78, 5) is 87.6. The van der Waals surface area contributed by atoms with E-state index in [1.54, 1.807) is 0 Å². The van der Waals surface area contributed by atoms with E-state index in [1.165, 1.54) is 116 Å². The molecule has 0 bridgehead atoms. The smallest absolute Gasteiger partial charge is 0.462 e. The molecule has 0 aromatic rings. The van der Waals surface area contributed by atoms with E-state index in [-0.39, 0.29) is 31.6 Å². The lowest BCUT2D eigenvalue weighted by Gasteiger charge is -2.21. The number of aliphatic hydroxyl groups excluding tert-OH is 1. The van der Waals surface area contributed by atoms with Gasteiger partial charge in [0.05, 0.1) is 26.4 Å². The molecule has 22 nitrogen and oxygen atoms in total. The van der Waals surface area contributed by atoms with E-state index in [0.29, 0.717) is 64.5 Å². The lowest BCUT2D eigenvalue weighted by Crippen LogP contribution is -2.30. The number of amides is 1. The summed E-state index contributed by atoms with van der Waals surface area (Å²) in [5.74, 6) is -2.41. The first-order valence-corrected chi connectivity index (χ1v) is 41.9. The molecule has 5 atom stereocenters. The van der Waals surface area contributed by atoms with Crippen molar-refractivity contribution in [2.75, 3.05) is 52.7 Å². The molecule has 3 unspecified atom stereocenters. The molecule has 99 heavy (non-hydrogen) atoms. The Labute approximate surface area is 598 Å². The summed E-state index contributed by atoms with van der Waals surface area (Å²) < 4.78 is 68.3. The second kappa shape index (κ2) is 71.1. The van der Waals surface area contributed by atoms with Crippen LogP contribution in [0.15, 0.2) is 41.6 Å². The minimum atomic E-state index is -5.01. The van der Waals surface area contributed by atoms with Gasteiger partial charge in [-0.25, -0.2) is 9.13 Å². The Morgan fingerprint density at radius 1 is 0.384 bits per heavy atom. The van der Waals surface area contributed by atoms with Crippen molar-refractivity contribution in [3.8, 4) is 0 Å². The number of hydrogen-bond donors (Lipinski definition) is 4. The van der Waals surface area contributed by atoms with Crippen LogP contribution in [0.4, 0.5) is 0 Å². The van der Waals surface area contributed by atoms with Crippen molar-refractivity contribution in [1.82, 2.24) is 5.32 Å². The third kappa shape index (κ3) is 70.9. The number of carbonyl (C=O) groups excluding carboxylic acids is 5. The number of aliphatic hydroxyl groups is 1. The molecule has 0 aliphatic rings. The Morgan fingerprint density at radius 2 is 0.657 bits per heavy atom. The average Bonchev–Trinajstić information content (AvgIpc) is 0.964. The first kappa shape index (κ1) is 95.1. The molecule has 24 heteroatoms. The number of hydrogen-bond acceptors (Lipinski definition) is 17. The summed E-state index contributed by atoms with van der Waals surface area (Å²) >= 11 is 0. The molecule has 0 spiro atoms. The molecule has 0 aromatic heterocycles. The van der Waals surface area contributed by atoms with Crippen LogP contribution in [0.2, 0.25) is 0 Å². The van der Waals surface area contributed by atoms with Gasteiger partial charge in [0.1, 0.15) is 19.3 Å². The van der Waals surface area contributed by atoms with E-state index in [9.17, 15) is 48.0 Å². The van der Waals surface area contributed by atoms with Gasteiger partial charge in [0.25, 0.3) is 0 Å². The van der Waals surface area contributed by atoms with Crippen molar-refractivity contribution in [1.29, 1.82) is 0 Å². The van der Waals surface area contributed by atoms with Crippen molar-refractivity contribution in [3.63, 3.8) is 0 Å². The Hall–Kier alpha value is -3.94. The fraction of sp³-hybridized carbons (Fsp3) is 0.853. The van der Waals surface area contributed by atoms with E-state index < -0.39 is 97.5 Å². The Kier molecular flexibility index (Phi) is 68.2. The first-order chi connectivity index (χ1) is 48.1. The van der Waals surface area contributed by atoms with Crippen molar-refractivity contribution in [3.05, 3.63) is 46.9 Å². The minimum Gasteiger partial charge on any atom is -0.462 e. The number of allylic oxidation sites excluding steroid dienone is 6. The highest BCUT2D eigenvalue weighted by atomic mass is 31.2. The van der Waals surface area contributed by atoms with Crippen LogP contribution in [0.1, 0.15) is 342 Å². The van der Waals surface area contributed by atoms with E-state index in [2.05, 4.69) is 72.6 Å². The molecule has 0 aliphatic heterocycles. The Morgan fingerprint density at radius 3 is 0.970 bits per heavy atom. The Bertz CT molecular complexity index is 2200. The van der Waals surface area contributed by atoms with Gasteiger partial charge in [-0.05, 0) is 121 Å². The predicted octanol–water partition coefficient (Wildman–Crippen LogP) is 20.2. The molecule has 0 aliphatic carbocycles. The summed E-state index contributed by atoms with van der Waals surface area (Å²) in [6, 6.07) is 0. The number of rotatable bonds is 75. The number of esters is 4. The number of carbonyl (C=O) groups is 5. The number of nitrogens with zero attached hydrogens (tertiary/aromatic N) is 3. The molecule has 0 rings (SSSR count). The molecule has 0 heterocycles. The maximum absolute atomic E-state index is 13.1. The summed E-state index contributed by atoms with van der Waals surface area (Å²) in [5, 5.41) is 16.8. The van der Waals surface area contributed by atoms with E-state index >= 15 is 0 Å². The van der Waals surface area contributed by atoms with Gasteiger partial charge in [0.2, 0.25) is 5.91 Å². The van der Waals surface area contributed by atoms with Gasteiger partial charge in [-0.2, -0.15) is 0 Å². The lowest BCUT2D eigenvalue weighted by atomic mass is 10.1. The van der Waals surface area contributed by atoms with Crippen molar-refractivity contribution in [2.45, 2.75) is 360 Å². The van der Waals surface area contributed by atoms with Crippen LogP contribution in [0.25, 0.3) is 10.4 Å². The largest absolute Gasteiger partial charge is 0.472 e. The van der Waals surface area contributed by atoms with Crippen LogP contribution in [-0.4, -0.2) is 116 Å².